The molecule has 320 valence electrons. The zero-order valence-electron chi connectivity index (χ0n) is 33.5. The maximum Gasteiger partial charge on any atom is 0.416 e. The minimum absolute atomic E-state index is 0. The monoisotopic (exact) mass is 866 g/mol. The first kappa shape index (κ1) is 47.3. The van der Waals surface area contributed by atoms with Crippen molar-refractivity contribution in [2.45, 2.75) is 67.4 Å². The maximum absolute atomic E-state index is 13.4. The summed E-state index contributed by atoms with van der Waals surface area (Å²) in [6.45, 7) is 4.78. The Morgan fingerprint density at radius 2 is 1.39 bits per heavy atom. The minimum atomic E-state index is -4.53. The number of likely N-dealkylation sites (tertiary alicyclic amines) is 2. The molecule has 17 heteroatoms. The summed E-state index contributed by atoms with van der Waals surface area (Å²) in [5, 5.41) is 6.25. The zero-order valence-corrected chi connectivity index (χ0v) is 35.1. The highest BCUT2D eigenvalue weighted by Crippen LogP contribution is 2.40. The lowest BCUT2D eigenvalue weighted by Crippen LogP contribution is -2.55. The van der Waals surface area contributed by atoms with Crippen LogP contribution >= 0.6 is 24.2 Å². The number of benzene rings is 2. The maximum atomic E-state index is 13.4. The standard InChI is InChI=1S/C21H24F3N3O2S.C21H24F3N3O.ClH/c1-27-9-5-7-20(13-27,14-6-4-8-25-12-14)26-19(28)18-16(29-2)10-15(21(22,23)24)11-17(18)30-3;1-3-15-13-17(21(22,23)24)5-6-18(15)19(28)26-20(9-4-12-27(2)14-20)16-7-10-25-11-8-16;/h4,6,8,10-12H,5,7,9,13H2,1-3H3,(H,26,28);5-8,10-11,13H,3-4,9,12,14H2,1-2H3,(H,26,28);1H. The molecule has 2 N–H and O–H groups in total. The Balaban J connectivity index is 0.000000257. The molecular weight excluding hydrogens is 818 g/mol. The number of aromatic nitrogens is 2. The van der Waals surface area contributed by atoms with E-state index in [-0.39, 0.29) is 40.1 Å². The Kier molecular flexibility index (Phi) is 15.9. The van der Waals surface area contributed by atoms with Gasteiger partial charge in [-0.05, 0) is 131 Å². The number of ether oxygens (including phenoxy) is 1. The number of carbonyl (C=O) groups excluding carboxylic acids is 2. The zero-order chi connectivity index (χ0) is 42.3. The van der Waals surface area contributed by atoms with E-state index in [1.54, 1.807) is 38.0 Å². The van der Waals surface area contributed by atoms with Crippen molar-refractivity contribution in [3.05, 3.63) is 118 Å². The number of hydrogen-bond donors (Lipinski definition) is 2. The van der Waals surface area contributed by atoms with Crippen molar-refractivity contribution in [3.8, 4) is 5.75 Å². The first-order valence-corrected chi connectivity index (χ1v) is 20.0. The average molecular weight is 867 g/mol. The van der Waals surface area contributed by atoms with Crippen LogP contribution in [0.2, 0.25) is 0 Å². The number of likely N-dealkylation sites (N-methyl/N-ethyl adjacent to an activating group) is 2. The number of nitrogens with zero attached hydrogens (tertiary/aromatic N) is 4. The van der Waals surface area contributed by atoms with E-state index in [4.69, 9.17) is 4.74 Å². The van der Waals surface area contributed by atoms with Crippen LogP contribution in [0.25, 0.3) is 0 Å². The lowest BCUT2D eigenvalue weighted by atomic mass is 9.82. The van der Waals surface area contributed by atoms with Crippen molar-refractivity contribution in [2.75, 3.05) is 53.6 Å². The van der Waals surface area contributed by atoms with Gasteiger partial charge in [-0.1, -0.05) is 13.0 Å². The molecular formula is C42H49ClF6N6O3S. The summed E-state index contributed by atoms with van der Waals surface area (Å²) in [7, 11) is 5.24. The third kappa shape index (κ3) is 11.3. The van der Waals surface area contributed by atoms with Gasteiger partial charge < -0.3 is 25.2 Å². The molecule has 2 aliphatic heterocycles. The van der Waals surface area contributed by atoms with Crippen molar-refractivity contribution in [1.82, 2.24) is 30.4 Å². The number of nitrogens with one attached hydrogen (secondary N) is 2. The fourth-order valence-electron chi connectivity index (χ4n) is 7.82. The Morgan fingerprint density at radius 3 is 1.90 bits per heavy atom. The normalized spacial score (nSPS) is 20.1. The number of thioether (sulfide) groups is 1. The molecule has 2 amide bonds. The second kappa shape index (κ2) is 19.8. The number of carbonyl (C=O) groups is 2. The van der Waals surface area contributed by atoms with Crippen LogP contribution in [-0.4, -0.2) is 85.2 Å². The van der Waals surface area contributed by atoms with E-state index in [1.165, 1.54) is 13.2 Å². The van der Waals surface area contributed by atoms with E-state index < -0.39 is 40.5 Å². The van der Waals surface area contributed by atoms with E-state index in [0.717, 1.165) is 79.5 Å². The number of methoxy groups -OCH3 is 1. The first-order chi connectivity index (χ1) is 27.4. The molecule has 0 saturated carbocycles. The topological polar surface area (TPSA) is 99.7 Å². The fraction of sp³-hybridized carbons (Fsp3) is 0.429. The van der Waals surface area contributed by atoms with Crippen LogP contribution in [0.4, 0.5) is 26.3 Å². The summed E-state index contributed by atoms with van der Waals surface area (Å²) in [5.41, 5.74) is -0.272. The van der Waals surface area contributed by atoms with E-state index in [0.29, 0.717) is 31.5 Å². The molecule has 0 spiro atoms. The highest BCUT2D eigenvalue weighted by molar-refractivity contribution is 7.98. The van der Waals surface area contributed by atoms with Gasteiger partial charge in [-0.3, -0.25) is 19.6 Å². The van der Waals surface area contributed by atoms with Crippen molar-refractivity contribution in [1.29, 1.82) is 0 Å². The van der Waals surface area contributed by atoms with Gasteiger partial charge in [0, 0.05) is 48.3 Å². The molecule has 2 aromatic heterocycles. The summed E-state index contributed by atoms with van der Waals surface area (Å²) in [6, 6.07) is 12.7. The molecule has 2 fully saturated rings. The third-order valence-corrected chi connectivity index (χ3v) is 11.4. The van der Waals surface area contributed by atoms with Crippen LogP contribution < -0.4 is 15.4 Å². The van der Waals surface area contributed by atoms with Gasteiger partial charge >= 0.3 is 12.4 Å². The largest absolute Gasteiger partial charge is 0.496 e. The minimum Gasteiger partial charge on any atom is -0.496 e. The summed E-state index contributed by atoms with van der Waals surface area (Å²) in [6.07, 6.45) is 3.01. The molecule has 2 atom stereocenters. The Labute approximate surface area is 351 Å². The molecule has 4 heterocycles. The van der Waals surface area contributed by atoms with Gasteiger partial charge in [0.25, 0.3) is 11.8 Å². The van der Waals surface area contributed by atoms with E-state index in [1.807, 2.05) is 38.4 Å². The molecule has 0 radical (unpaired) electrons. The average Bonchev–Trinajstić information content (AvgIpc) is 3.20. The SMILES string of the molecule is CCc1cc(C(F)(F)F)ccc1C(=O)NC1(c2ccncc2)CCCN(C)C1.COc1cc(C(F)(F)F)cc(SC)c1C(=O)NC1(c2cccnc2)CCCN(C)C1.Cl. The molecule has 59 heavy (non-hydrogen) atoms. The molecule has 2 aromatic carbocycles. The number of alkyl halides is 6. The quantitative estimate of drug-likeness (QED) is 0.128. The van der Waals surface area contributed by atoms with E-state index in [2.05, 4.69) is 30.4 Å². The van der Waals surface area contributed by atoms with Crippen LogP contribution in [0.5, 0.6) is 5.75 Å². The second-order valence-corrected chi connectivity index (χ2v) is 15.6. The molecule has 2 aliphatic rings. The van der Waals surface area contributed by atoms with Crippen molar-refractivity contribution < 1.29 is 40.7 Å². The molecule has 6 rings (SSSR count). The highest BCUT2D eigenvalue weighted by atomic mass is 35.5. The molecule has 0 bridgehead atoms. The number of hydrogen-bond acceptors (Lipinski definition) is 8. The highest BCUT2D eigenvalue weighted by Gasteiger charge is 2.41. The summed E-state index contributed by atoms with van der Waals surface area (Å²) < 4.78 is 84.1. The lowest BCUT2D eigenvalue weighted by molar-refractivity contribution is -0.138. The van der Waals surface area contributed by atoms with E-state index >= 15 is 0 Å². The third-order valence-electron chi connectivity index (χ3n) is 10.6. The number of rotatable bonds is 9. The van der Waals surface area contributed by atoms with E-state index in [9.17, 15) is 35.9 Å². The van der Waals surface area contributed by atoms with Gasteiger partial charge in [0.05, 0.1) is 34.9 Å². The van der Waals surface area contributed by atoms with Crippen LogP contribution in [0.15, 0.2) is 84.3 Å². The van der Waals surface area contributed by atoms with Crippen molar-refractivity contribution in [2.24, 2.45) is 0 Å². The van der Waals surface area contributed by atoms with Crippen LogP contribution in [0.3, 0.4) is 0 Å². The Morgan fingerprint density at radius 1 is 0.797 bits per heavy atom. The van der Waals surface area contributed by atoms with Crippen molar-refractivity contribution >= 4 is 36.0 Å². The van der Waals surface area contributed by atoms with Gasteiger partial charge in [-0.2, -0.15) is 26.3 Å². The summed E-state index contributed by atoms with van der Waals surface area (Å²) >= 11 is 1.08. The molecule has 0 aliphatic carbocycles. The number of piperidine rings is 2. The number of halogens is 7. The first-order valence-electron chi connectivity index (χ1n) is 18.8. The van der Waals surface area contributed by atoms with Gasteiger partial charge in [-0.25, -0.2) is 0 Å². The van der Waals surface area contributed by atoms with Crippen LogP contribution in [-0.2, 0) is 29.9 Å². The summed E-state index contributed by atoms with van der Waals surface area (Å²) in [5.74, 6) is -0.918. The predicted molar refractivity (Wildman–Crippen MR) is 218 cm³/mol. The van der Waals surface area contributed by atoms with Gasteiger partial charge in [0.2, 0.25) is 0 Å². The summed E-state index contributed by atoms with van der Waals surface area (Å²) in [4.78, 5) is 39.2. The van der Waals surface area contributed by atoms with Crippen molar-refractivity contribution in [3.63, 3.8) is 0 Å². The van der Waals surface area contributed by atoms with Gasteiger partial charge in [-0.15, -0.1) is 24.2 Å². The number of amides is 2. The smallest absolute Gasteiger partial charge is 0.416 e. The molecule has 2 saturated heterocycles. The Hall–Kier alpha value is -4.38. The fourth-order valence-corrected chi connectivity index (χ4v) is 8.47. The Bertz CT molecular complexity index is 2020. The molecule has 9 nitrogen and oxygen atoms in total. The predicted octanol–water partition coefficient (Wildman–Crippen LogP) is 8.62. The van der Waals surface area contributed by atoms with Crippen LogP contribution in [0, 0.1) is 0 Å². The lowest BCUT2D eigenvalue weighted by Gasteiger charge is -2.42. The number of aryl methyl sites for hydroxylation is 1. The van der Waals surface area contributed by atoms with Gasteiger partial charge in [0.15, 0.2) is 0 Å². The molecule has 2 unspecified atom stereocenters. The van der Waals surface area contributed by atoms with Crippen LogP contribution in [0.1, 0.15) is 81.1 Å². The second-order valence-electron chi connectivity index (χ2n) is 14.7. The van der Waals surface area contributed by atoms with Gasteiger partial charge in [0.1, 0.15) is 5.75 Å². The molecule has 4 aromatic rings. The number of pyridine rings is 2.